The molecule has 5 nitrogen and oxygen atoms in total. The van der Waals surface area contributed by atoms with Crippen LogP contribution in [0.25, 0.3) is 0 Å². The lowest BCUT2D eigenvalue weighted by Crippen LogP contribution is -2.55. The lowest BCUT2D eigenvalue weighted by Gasteiger charge is -2.37. The maximum absolute atomic E-state index is 13.8. The van der Waals surface area contributed by atoms with Crippen molar-refractivity contribution >= 4 is 29.1 Å². The number of hydrogen-bond acceptors (Lipinski definition) is 3. The molecule has 0 bridgehead atoms. The van der Waals surface area contributed by atoms with Gasteiger partial charge in [-0.3, -0.25) is 9.48 Å². The number of hydrogen-bond donors (Lipinski definition) is 2. The van der Waals surface area contributed by atoms with Gasteiger partial charge in [-0.15, -0.1) is 0 Å². The highest BCUT2D eigenvalue weighted by molar-refractivity contribution is 6.35. The van der Waals surface area contributed by atoms with Gasteiger partial charge in [0.25, 0.3) is 0 Å². The molecule has 2 aromatic rings. The van der Waals surface area contributed by atoms with E-state index >= 15 is 0 Å². The van der Waals surface area contributed by atoms with E-state index in [2.05, 4.69) is 15.7 Å². The zero-order chi connectivity index (χ0) is 18.0. The molecule has 2 heterocycles. The minimum atomic E-state index is -0.763. The Labute approximate surface area is 155 Å². The van der Waals surface area contributed by atoms with Crippen LogP contribution in [0.4, 0.5) is 4.39 Å². The second kappa shape index (κ2) is 7.32. The lowest BCUT2D eigenvalue weighted by atomic mass is 9.87. The van der Waals surface area contributed by atoms with E-state index in [0.717, 1.165) is 13.1 Å². The predicted octanol–water partition coefficient (Wildman–Crippen LogP) is 3.29. The van der Waals surface area contributed by atoms with Gasteiger partial charge in [0.2, 0.25) is 5.91 Å². The molecule has 1 fully saturated rings. The van der Waals surface area contributed by atoms with Gasteiger partial charge in [0.15, 0.2) is 0 Å². The molecule has 1 saturated heterocycles. The van der Waals surface area contributed by atoms with Crippen LogP contribution < -0.4 is 10.6 Å². The summed E-state index contributed by atoms with van der Waals surface area (Å²) in [6.07, 6.45) is 4.70. The van der Waals surface area contributed by atoms with E-state index in [4.69, 9.17) is 23.2 Å². The Morgan fingerprint density at radius 1 is 1.36 bits per heavy atom. The Morgan fingerprint density at radius 2 is 2.08 bits per heavy atom. The Balaban J connectivity index is 1.86. The van der Waals surface area contributed by atoms with Gasteiger partial charge in [0.1, 0.15) is 11.4 Å². The number of rotatable bonds is 4. The zero-order valence-corrected chi connectivity index (χ0v) is 15.2. The van der Waals surface area contributed by atoms with Crippen LogP contribution in [0.3, 0.4) is 0 Å². The van der Waals surface area contributed by atoms with Crippen molar-refractivity contribution in [2.75, 3.05) is 13.1 Å². The molecular formula is C17H19Cl2FN4O. The van der Waals surface area contributed by atoms with Crippen LogP contribution in [0.5, 0.6) is 0 Å². The summed E-state index contributed by atoms with van der Waals surface area (Å²) in [5, 5.41) is 10.8. The number of halogens is 3. The van der Waals surface area contributed by atoms with E-state index in [-0.39, 0.29) is 10.9 Å². The summed E-state index contributed by atoms with van der Waals surface area (Å²) in [6, 6.07) is 3.95. The third kappa shape index (κ3) is 3.52. The van der Waals surface area contributed by atoms with E-state index in [0.29, 0.717) is 23.4 Å². The fourth-order valence-corrected chi connectivity index (χ4v) is 3.75. The smallest absolute Gasteiger partial charge is 0.248 e. The Bertz CT molecular complexity index is 760. The number of aromatic nitrogens is 2. The van der Waals surface area contributed by atoms with Crippen LogP contribution >= 0.6 is 23.2 Å². The summed E-state index contributed by atoms with van der Waals surface area (Å²) in [5.74, 6) is -0.720. The van der Waals surface area contributed by atoms with Crippen LogP contribution in [0.15, 0.2) is 30.6 Å². The molecule has 1 aliphatic heterocycles. The first-order valence-corrected chi connectivity index (χ1v) is 8.86. The molecule has 1 unspecified atom stereocenters. The standard InChI is InChI=1S/C17H19Cl2FN4O/c1-11(12-9-15(20)14(19)10-13(12)18)23-16(25)17(3-6-21-7-4-17)24-8-2-5-22-24/h2,5,8-11,21H,3-4,6-7H2,1H3,(H,23,25). The quantitative estimate of drug-likeness (QED) is 0.795. The predicted molar refractivity (Wildman–Crippen MR) is 95.3 cm³/mol. The van der Waals surface area contributed by atoms with Crippen molar-refractivity contribution < 1.29 is 9.18 Å². The highest BCUT2D eigenvalue weighted by Gasteiger charge is 2.42. The molecule has 1 amide bonds. The molecule has 8 heteroatoms. The highest BCUT2D eigenvalue weighted by Crippen LogP contribution is 2.31. The first-order valence-electron chi connectivity index (χ1n) is 8.10. The molecule has 3 rings (SSSR count). The summed E-state index contributed by atoms with van der Waals surface area (Å²) in [6.45, 7) is 3.21. The Morgan fingerprint density at radius 3 is 2.72 bits per heavy atom. The monoisotopic (exact) mass is 384 g/mol. The summed E-state index contributed by atoms with van der Waals surface area (Å²) in [5.41, 5.74) is -0.276. The zero-order valence-electron chi connectivity index (χ0n) is 13.7. The molecule has 1 aromatic carbocycles. The maximum atomic E-state index is 13.8. The van der Waals surface area contributed by atoms with Crippen molar-refractivity contribution in [1.29, 1.82) is 0 Å². The molecule has 2 N–H and O–H groups in total. The average molecular weight is 385 g/mol. The van der Waals surface area contributed by atoms with Gasteiger partial charge < -0.3 is 10.6 Å². The normalized spacial score (nSPS) is 17.9. The summed E-state index contributed by atoms with van der Waals surface area (Å²) in [7, 11) is 0. The number of carbonyl (C=O) groups is 1. The van der Waals surface area contributed by atoms with E-state index in [1.165, 1.54) is 12.1 Å². The van der Waals surface area contributed by atoms with E-state index in [1.54, 1.807) is 30.1 Å². The average Bonchev–Trinajstić information content (AvgIpc) is 3.13. The molecule has 25 heavy (non-hydrogen) atoms. The van der Waals surface area contributed by atoms with Crippen LogP contribution in [0.2, 0.25) is 10.0 Å². The van der Waals surface area contributed by atoms with Crippen LogP contribution in [-0.4, -0.2) is 28.8 Å². The van der Waals surface area contributed by atoms with Gasteiger partial charge in [-0.05, 0) is 56.6 Å². The Hall–Kier alpha value is -1.63. The summed E-state index contributed by atoms with van der Waals surface area (Å²) >= 11 is 11.9. The number of amides is 1. The number of carbonyl (C=O) groups excluding carboxylic acids is 1. The van der Waals surface area contributed by atoms with Crippen LogP contribution in [0, 0.1) is 5.82 Å². The third-order valence-corrected chi connectivity index (χ3v) is 5.27. The molecular weight excluding hydrogens is 366 g/mol. The third-order valence-electron chi connectivity index (χ3n) is 4.65. The van der Waals surface area contributed by atoms with Crippen molar-refractivity contribution in [1.82, 2.24) is 20.4 Å². The van der Waals surface area contributed by atoms with E-state index in [1.807, 2.05) is 0 Å². The minimum absolute atomic E-state index is 0.0429. The molecule has 1 aromatic heterocycles. The van der Waals surface area contributed by atoms with Crippen molar-refractivity contribution in [3.63, 3.8) is 0 Å². The van der Waals surface area contributed by atoms with Gasteiger partial charge in [-0.1, -0.05) is 23.2 Å². The van der Waals surface area contributed by atoms with Crippen molar-refractivity contribution in [2.24, 2.45) is 0 Å². The van der Waals surface area contributed by atoms with Gasteiger partial charge in [0.05, 0.1) is 11.1 Å². The Kier molecular flexibility index (Phi) is 5.32. The number of benzene rings is 1. The minimum Gasteiger partial charge on any atom is -0.347 e. The van der Waals surface area contributed by atoms with Crippen molar-refractivity contribution in [3.8, 4) is 0 Å². The van der Waals surface area contributed by atoms with E-state index in [9.17, 15) is 9.18 Å². The molecule has 1 atom stereocenters. The molecule has 0 saturated carbocycles. The highest BCUT2D eigenvalue weighted by atomic mass is 35.5. The first-order chi connectivity index (χ1) is 11.9. The topological polar surface area (TPSA) is 59.0 Å². The number of nitrogens with one attached hydrogen (secondary N) is 2. The molecule has 134 valence electrons. The fraction of sp³-hybridized carbons (Fsp3) is 0.412. The van der Waals surface area contributed by atoms with Gasteiger partial charge >= 0.3 is 0 Å². The SMILES string of the molecule is CC(NC(=O)C1(n2cccn2)CCNCC1)c1cc(F)c(Cl)cc1Cl. The maximum Gasteiger partial charge on any atom is 0.248 e. The fourth-order valence-electron chi connectivity index (χ4n) is 3.20. The van der Waals surface area contributed by atoms with Crippen molar-refractivity contribution in [3.05, 3.63) is 52.0 Å². The second-order valence-electron chi connectivity index (χ2n) is 6.22. The molecule has 0 spiro atoms. The van der Waals surface area contributed by atoms with Crippen LogP contribution in [-0.2, 0) is 10.3 Å². The van der Waals surface area contributed by atoms with E-state index < -0.39 is 17.4 Å². The van der Waals surface area contributed by atoms with Gasteiger partial charge in [-0.25, -0.2) is 4.39 Å². The molecule has 1 aliphatic rings. The lowest BCUT2D eigenvalue weighted by molar-refractivity contribution is -0.132. The second-order valence-corrected chi connectivity index (χ2v) is 7.03. The number of nitrogens with zero attached hydrogens (tertiary/aromatic N) is 2. The summed E-state index contributed by atoms with van der Waals surface area (Å²) < 4.78 is 15.5. The molecule has 0 radical (unpaired) electrons. The van der Waals surface area contributed by atoms with Gasteiger partial charge in [0, 0.05) is 17.4 Å². The van der Waals surface area contributed by atoms with Gasteiger partial charge in [-0.2, -0.15) is 5.10 Å². The molecule has 0 aliphatic carbocycles. The largest absolute Gasteiger partial charge is 0.347 e. The summed E-state index contributed by atoms with van der Waals surface area (Å²) in [4.78, 5) is 13.1. The first kappa shape index (κ1) is 18.2. The number of piperidine rings is 1. The van der Waals surface area contributed by atoms with Crippen molar-refractivity contribution in [2.45, 2.75) is 31.3 Å². The van der Waals surface area contributed by atoms with Crippen LogP contribution in [0.1, 0.15) is 31.4 Å².